The van der Waals surface area contributed by atoms with Crippen molar-refractivity contribution >= 4 is 17.9 Å². The van der Waals surface area contributed by atoms with E-state index < -0.39 is 23.1 Å². The van der Waals surface area contributed by atoms with E-state index in [0.717, 1.165) is 11.8 Å². The van der Waals surface area contributed by atoms with Gasteiger partial charge in [-0.1, -0.05) is 30.3 Å². The lowest BCUT2D eigenvalue weighted by molar-refractivity contribution is 0.0458. The van der Waals surface area contributed by atoms with Crippen LogP contribution < -0.4 is 10.2 Å². The molecule has 0 aliphatic carbocycles. The molecule has 1 aromatic heterocycles. The van der Waals surface area contributed by atoms with Crippen molar-refractivity contribution in [2.45, 2.75) is 51.8 Å². The number of hydrogen-bond donors (Lipinski definition) is 1. The first-order valence-corrected chi connectivity index (χ1v) is 8.51. The zero-order valence-corrected chi connectivity index (χ0v) is 15.6. The Hall–Kier alpha value is -2.70. The number of nitrogens with one attached hydrogen (secondary N) is 1. The molecule has 0 bridgehead atoms. The summed E-state index contributed by atoms with van der Waals surface area (Å²) >= 11 is 0. The molecular weight excluding hydrogens is 335 g/mol. The number of anilines is 2. The molecular formula is C19H23FN4O2. The van der Waals surface area contributed by atoms with E-state index in [9.17, 15) is 9.18 Å². The maximum absolute atomic E-state index is 14.4. The fourth-order valence-corrected chi connectivity index (χ4v) is 2.84. The third-order valence-electron chi connectivity index (χ3n) is 5.14. The number of carbonyl (C=O) groups is 1. The number of nitrogens with zero attached hydrogens (tertiary/aromatic N) is 3. The van der Waals surface area contributed by atoms with E-state index in [-0.39, 0.29) is 17.8 Å². The van der Waals surface area contributed by atoms with Crippen LogP contribution >= 0.6 is 0 Å². The first kappa shape index (κ1) is 18.1. The molecule has 7 heteroatoms. The summed E-state index contributed by atoms with van der Waals surface area (Å²) in [6.45, 7) is 9.18. The highest BCUT2D eigenvalue weighted by molar-refractivity contribution is 5.91. The molecule has 1 aliphatic heterocycles. The minimum absolute atomic E-state index is 0.0792. The maximum Gasteiger partial charge on any atom is 0.416 e. The first-order valence-electron chi connectivity index (χ1n) is 8.51. The molecule has 1 atom stereocenters. The van der Waals surface area contributed by atoms with Gasteiger partial charge in [-0.3, -0.25) is 0 Å². The normalized spacial score (nSPS) is 19.2. The average molecular weight is 358 g/mol. The lowest BCUT2D eigenvalue weighted by Crippen LogP contribution is -2.51. The summed E-state index contributed by atoms with van der Waals surface area (Å²) in [7, 11) is 0. The van der Waals surface area contributed by atoms with E-state index >= 15 is 0 Å². The molecule has 0 radical (unpaired) electrons. The van der Waals surface area contributed by atoms with Crippen molar-refractivity contribution in [3.8, 4) is 0 Å². The molecule has 1 amide bonds. The summed E-state index contributed by atoms with van der Waals surface area (Å²) in [5, 5.41) is 3.14. The number of halogens is 1. The van der Waals surface area contributed by atoms with Gasteiger partial charge in [-0.15, -0.1) is 0 Å². The molecule has 1 aromatic carbocycles. The Morgan fingerprint density at radius 1 is 1.19 bits per heavy atom. The Kier molecular flexibility index (Phi) is 4.34. The van der Waals surface area contributed by atoms with Crippen LogP contribution in [0.2, 0.25) is 0 Å². The molecule has 0 saturated carbocycles. The topological polar surface area (TPSA) is 67.4 Å². The van der Waals surface area contributed by atoms with Crippen LogP contribution in [0.25, 0.3) is 0 Å². The third kappa shape index (κ3) is 2.98. The van der Waals surface area contributed by atoms with Gasteiger partial charge < -0.3 is 10.1 Å². The molecule has 2 heterocycles. The van der Waals surface area contributed by atoms with Gasteiger partial charge in [0, 0.05) is 0 Å². The first-order chi connectivity index (χ1) is 12.1. The smallest absolute Gasteiger partial charge is 0.416 e. The Balaban J connectivity index is 1.93. The lowest BCUT2D eigenvalue weighted by Gasteiger charge is -2.36. The number of rotatable bonds is 4. The van der Waals surface area contributed by atoms with Gasteiger partial charge in [0.2, 0.25) is 5.95 Å². The molecule has 2 aromatic rings. The fraction of sp³-hybridized carbons (Fsp3) is 0.421. The van der Waals surface area contributed by atoms with Gasteiger partial charge in [0.1, 0.15) is 5.60 Å². The second-order valence-corrected chi connectivity index (χ2v) is 7.41. The number of aromatic nitrogens is 2. The fourth-order valence-electron chi connectivity index (χ4n) is 2.84. The highest BCUT2D eigenvalue weighted by Crippen LogP contribution is 2.41. The molecule has 138 valence electrons. The molecule has 1 fully saturated rings. The Morgan fingerprint density at radius 3 is 2.42 bits per heavy atom. The monoisotopic (exact) mass is 358 g/mol. The maximum atomic E-state index is 14.4. The highest BCUT2D eigenvalue weighted by atomic mass is 19.1. The second kappa shape index (κ2) is 6.23. The summed E-state index contributed by atoms with van der Waals surface area (Å²) in [6, 6.07) is 9.69. The standard InChI is InChI=1S/C19H23FN4O2/c1-12(13-9-7-6-8-10-13)22-16-21-11-14(20)15(23-16)24-17(25)26-19(4,5)18(24,2)3/h6-12H,1-5H3,(H,21,22,23)/t12-/m0/s1. The van der Waals surface area contributed by atoms with Crippen molar-refractivity contribution in [1.82, 2.24) is 9.97 Å². The number of carbonyl (C=O) groups excluding carboxylic acids is 1. The molecule has 3 rings (SSSR count). The number of ether oxygens (including phenoxy) is 1. The van der Waals surface area contributed by atoms with Crippen LogP contribution in [0.1, 0.15) is 46.2 Å². The van der Waals surface area contributed by atoms with Gasteiger partial charge in [-0.05, 0) is 40.2 Å². The predicted octanol–water partition coefficient (Wildman–Crippen LogP) is 4.30. The van der Waals surface area contributed by atoms with Crippen LogP contribution in [-0.4, -0.2) is 27.2 Å². The van der Waals surface area contributed by atoms with Gasteiger partial charge in [0.15, 0.2) is 11.6 Å². The Bertz CT molecular complexity index is 824. The quantitative estimate of drug-likeness (QED) is 0.882. The molecule has 1 aliphatic rings. The van der Waals surface area contributed by atoms with E-state index in [4.69, 9.17) is 4.74 Å². The van der Waals surface area contributed by atoms with Gasteiger partial charge in [0.05, 0.1) is 17.8 Å². The van der Waals surface area contributed by atoms with E-state index in [1.807, 2.05) is 51.1 Å². The molecule has 1 saturated heterocycles. The molecule has 6 nitrogen and oxygen atoms in total. The Morgan fingerprint density at radius 2 is 1.85 bits per heavy atom. The number of amides is 1. The van der Waals surface area contributed by atoms with Crippen LogP contribution in [0.15, 0.2) is 36.5 Å². The van der Waals surface area contributed by atoms with E-state index in [1.165, 1.54) is 4.90 Å². The number of benzene rings is 1. The van der Waals surface area contributed by atoms with Crippen LogP contribution in [0.5, 0.6) is 0 Å². The van der Waals surface area contributed by atoms with Gasteiger partial charge in [0.25, 0.3) is 0 Å². The van der Waals surface area contributed by atoms with Crippen LogP contribution in [0, 0.1) is 5.82 Å². The van der Waals surface area contributed by atoms with Crippen molar-refractivity contribution < 1.29 is 13.9 Å². The zero-order chi connectivity index (χ0) is 19.1. The largest absolute Gasteiger partial charge is 0.441 e. The van der Waals surface area contributed by atoms with Crippen LogP contribution in [0.3, 0.4) is 0 Å². The minimum Gasteiger partial charge on any atom is -0.441 e. The minimum atomic E-state index is -0.785. The van der Waals surface area contributed by atoms with Crippen molar-refractivity contribution in [1.29, 1.82) is 0 Å². The summed E-state index contributed by atoms with van der Waals surface area (Å²) in [5.41, 5.74) is -0.516. The van der Waals surface area contributed by atoms with E-state index in [2.05, 4.69) is 15.3 Å². The van der Waals surface area contributed by atoms with Gasteiger partial charge in [-0.25, -0.2) is 19.1 Å². The van der Waals surface area contributed by atoms with E-state index in [0.29, 0.717) is 0 Å². The van der Waals surface area contributed by atoms with Gasteiger partial charge in [-0.2, -0.15) is 4.98 Å². The molecule has 1 N–H and O–H groups in total. The summed E-state index contributed by atoms with van der Waals surface area (Å²) < 4.78 is 19.9. The highest BCUT2D eigenvalue weighted by Gasteiger charge is 2.56. The average Bonchev–Trinajstić information content (AvgIpc) is 2.73. The molecule has 26 heavy (non-hydrogen) atoms. The summed E-state index contributed by atoms with van der Waals surface area (Å²) in [6.07, 6.45) is 0.441. The van der Waals surface area contributed by atoms with Crippen molar-refractivity contribution in [2.24, 2.45) is 0 Å². The molecule has 0 unspecified atom stereocenters. The second-order valence-electron chi connectivity index (χ2n) is 7.41. The van der Waals surface area contributed by atoms with Gasteiger partial charge >= 0.3 is 6.09 Å². The number of cyclic esters (lactones) is 1. The van der Waals surface area contributed by atoms with Crippen molar-refractivity contribution in [3.05, 3.63) is 47.9 Å². The van der Waals surface area contributed by atoms with Crippen LogP contribution in [-0.2, 0) is 4.74 Å². The summed E-state index contributed by atoms with van der Waals surface area (Å²) in [5.74, 6) is -0.528. The zero-order valence-electron chi connectivity index (χ0n) is 15.6. The van der Waals surface area contributed by atoms with Crippen molar-refractivity contribution in [3.63, 3.8) is 0 Å². The van der Waals surface area contributed by atoms with E-state index in [1.54, 1.807) is 13.8 Å². The van der Waals surface area contributed by atoms with Crippen LogP contribution in [0.4, 0.5) is 21.0 Å². The summed E-state index contributed by atoms with van der Waals surface area (Å²) in [4.78, 5) is 21.9. The third-order valence-corrected chi connectivity index (χ3v) is 5.14. The predicted molar refractivity (Wildman–Crippen MR) is 97.6 cm³/mol. The lowest BCUT2D eigenvalue weighted by atomic mass is 9.85. The SMILES string of the molecule is C[C@H](Nc1ncc(F)c(N2C(=O)OC(C)(C)C2(C)C)n1)c1ccccc1. The number of hydrogen-bond acceptors (Lipinski definition) is 5. The Labute approximate surface area is 152 Å². The van der Waals surface area contributed by atoms with Crippen molar-refractivity contribution in [2.75, 3.05) is 10.2 Å². The molecule has 0 spiro atoms.